The molecule has 28 heavy (non-hydrogen) atoms. The quantitative estimate of drug-likeness (QED) is 0.363. The first kappa shape index (κ1) is 20.9. The molecule has 0 heterocycles. The van der Waals surface area contributed by atoms with Crippen molar-refractivity contribution in [1.82, 2.24) is 0 Å². The van der Waals surface area contributed by atoms with E-state index in [0.29, 0.717) is 5.56 Å². The summed E-state index contributed by atoms with van der Waals surface area (Å²) in [7, 11) is -0.750. The maximum atomic E-state index is 10.4. The van der Waals surface area contributed by atoms with Gasteiger partial charge in [0.1, 0.15) is 0 Å². The van der Waals surface area contributed by atoms with E-state index in [1.807, 2.05) is 0 Å². The van der Waals surface area contributed by atoms with Crippen molar-refractivity contribution >= 4 is 41.3 Å². The van der Waals surface area contributed by atoms with Crippen molar-refractivity contribution in [3.8, 4) is 0 Å². The fourth-order valence-corrected chi connectivity index (χ4v) is 2.64. The molecule has 0 aromatic heterocycles. The molecule has 4 aromatic carbocycles. The molecule has 0 aliphatic carbocycles. The first-order valence-electron chi connectivity index (χ1n) is 8.64. The Morgan fingerprint density at radius 2 is 1.11 bits per heavy atom. The van der Waals surface area contributed by atoms with Gasteiger partial charge in [-0.05, 0) is 51.4 Å². The predicted octanol–water partition coefficient (Wildman–Crippen LogP) is 4.26. The van der Waals surface area contributed by atoms with Crippen molar-refractivity contribution < 1.29 is 19.9 Å². The zero-order valence-corrected chi connectivity index (χ0v) is 15.3. The smallest absolute Gasteiger partial charge is 0.432 e. The van der Waals surface area contributed by atoms with Gasteiger partial charge in [0.05, 0.1) is 5.56 Å². The lowest BCUT2D eigenvalue weighted by atomic mass is 10.0. The van der Waals surface area contributed by atoms with E-state index >= 15 is 0 Å². The number of carboxylic acid groups (broad SMARTS) is 1. The van der Waals surface area contributed by atoms with Gasteiger partial charge < -0.3 is 15.2 Å². The van der Waals surface area contributed by atoms with Crippen molar-refractivity contribution in [3.05, 3.63) is 103 Å². The summed E-state index contributed by atoms with van der Waals surface area (Å²) in [5, 5.41) is 28.0. The Balaban J connectivity index is 0.000000181. The number of aromatic carboxylic acids is 1. The first-order valence-corrected chi connectivity index (χ1v) is 8.64. The van der Waals surface area contributed by atoms with Gasteiger partial charge in [-0.15, -0.1) is 0 Å². The van der Waals surface area contributed by atoms with Crippen LogP contribution in [0.5, 0.6) is 0 Å². The highest BCUT2D eigenvalue weighted by Gasteiger charge is 1.99. The average Bonchev–Trinajstić information content (AvgIpc) is 2.73. The Morgan fingerprint density at radius 3 is 1.39 bits per heavy atom. The summed E-state index contributed by atoms with van der Waals surface area (Å²) in [6.07, 6.45) is 1.67. The van der Waals surface area contributed by atoms with E-state index in [-0.39, 0.29) is 0 Å². The molecule has 140 valence electrons. The molecule has 5 heteroatoms. The number of carbonyl (C=O) groups is 1. The third kappa shape index (κ3) is 5.81. The maximum Gasteiger partial charge on any atom is 0.432 e. The topological polar surface area (TPSA) is 77.8 Å². The van der Waals surface area contributed by atoms with E-state index in [0.717, 1.165) is 5.56 Å². The summed E-state index contributed by atoms with van der Waals surface area (Å²) in [6, 6.07) is 28.0. The van der Waals surface area contributed by atoms with Gasteiger partial charge in [-0.3, -0.25) is 0 Å². The summed E-state index contributed by atoms with van der Waals surface area (Å²) in [5.74, 6) is -0.902. The summed E-state index contributed by atoms with van der Waals surface area (Å²) < 4.78 is 0. The Labute approximate surface area is 164 Å². The van der Waals surface area contributed by atoms with Crippen LogP contribution in [0.1, 0.15) is 15.9 Å². The number of carboxylic acids is 1. The Hall–Kier alpha value is -3.41. The molecule has 0 fully saturated rings. The van der Waals surface area contributed by atoms with Gasteiger partial charge in [-0.1, -0.05) is 73.3 Å². The lowest BCUT2D eigenvalue weighted by molar-refractivity contribution is 0.0697. The highest BCUT2D eigenvalue weighted by molar-refractivity contribution is 6.13. The molecule has 0 aliphatic rings. The van der Waals surface area contributed by atoms with E-state index in [9.17, 15) is 4.79 Å². The molecule has 0 saturated heterocycles. The molecular formula is C23H21BO4. The van der Waals surface area contributed by atoms with E-state index in [2.05, 4.69) is 67.2 Å². The number of benzene rings is 4. The van der Waals surface area contributed by atoms with Crippen LogP contribution in [-0.2, 0) is 0 Å². The van der Waals surface area contributed by atoms with Crippen LogP contribution in [0.3, 0.4) is 0 Å². The molecule has 0 radical (unpaired) electrons. The van der Waals surface area contributed by atoms with Crippen LogP contribution in [0, 0.1) is 0 Å². The minimum atomic E-state index is -0.902. The second-order valence-corrected chi connectivity index (χ2v) is 5.82. The molecular weight excluding hydrogens is 351 g/mol. The number of hydrogen-bond acceptors (Lipinski definition) is 3. The van der Waals surface area contributed by atoms with Gasteiger partial charge >= 0.3 is 13.7 Å². The Morgan fingerprint density at radius 1 is 0.750 bits per heavy atom. The van der Waals surface area contributed by atoms with E-state index in [1.54, 1.807) is 30.3 Å². The van der Waals surface area contributed by atoms with Crippen molar-refractivity contribution in [2.75, 3.05) is 0 Å². The summed E-state index contributed by atoms with van der Waals surface area (Å²) in [4.78, 5) is 10.4. The lowest BCUT2D eigenvalue weighted by Crippen LogP contribution is -1.94. The normalized spacial score (nSPS) is 9.50. The van der Waals surface area contributed by atoms with Crippen LogP contribution in [0.25, 0.3) is 27.6 Å². The number of rotatable bonds is 2. The molecule has 0 spiro atoms. The molecule has 4 nitrogen and oxygen atoms in total. The Kier molecular flexibility index (Phi) is 7.97. The highest BCUT2D eigenvalue weighted by atomic mass is 16.4. The number of fused-ring (bicyclic) bond motifs is 2. The fourth-order valence-electron chi connectivity index (χ4n) is 2.64. The standard InChI is InChI=1S/C14H10.C9H8O2.BH3O2/c1-2-6-12-10-14-8-4-3-7-13(14)9-11(12)5-1;1-2-7-3-5-8(6-4-7)9(10)11;2-1-3/h1-10H;2-6H,1H2,(H,10,11);1-3H. The van der Waals surface area contributed by atoms with Crippen molar-refractivity contribution in [2.45, 2.75) is 0 Å². The molecule has 0 aliphatic heterocycles. The minimum absolute atomic E-state index is 0.301. The van der Waals surface area contributed by atoms with Gasteiger partial charge in [0, 0.05) is 0 Å². The lowest BCUT2D eigenvalue weighted by Gasteiger charge is -2.00. The second-order valence-electron chi connectivity index (χ2n) is 5.82. The van der Waals surface area contributed by atoms with Crippen LogP contribution in [0.2, 0.25) is 0 Å². The van der Waals surface area contributed by atoms with Crippen LogP contribution in [-0.4, -0.2) is 28.8 Å². The van der Waals surface area contributed by atoms with Crippen molar-refractivity contribution in [1.29, 1.82) is 0 Å². The van der Waals surface area contributed by atoms with Crippen LogP contribution < -0.4 is 0 Å². The van der Waals surface area contributed by atoms with Gasteiger partial charge in [-0.2, -0.15) is 0 Å². The molecule has 0 amide bonds. The molecule has 0 saturated carbocycles. The third-order valence-corrected chi connectivity index (χ3v) is 4.01. The first-order chi connectivity index (χ1) is 13.6. The maximum absolute atomic E-state index is 10.4. The van der Waals surface area contributed by atoms with E-state index < -0.39 is 13.7 Å². The largest absolute Gasteiger partial charge is 0.478 e. The fraction of sp³-hybridized carbons (Fsp3) is 0. The van der Waals surface area contributed by atoms with Crippen molar-refractivity contribution in [3.63, 3.8) is 0 Å². The monoisotopic (exact) mass is 372 g/mol. The van der Waals surface area contributed by atoms with Gasteiger partial charge in [0.25, 0.3) is 0 Å². The average molecular weight is 372 g/mol. The van der Waals surface area contributed by atoms with Crippen LogP contribution >= 0.6 is 0 Å². The third-order valence-electron chi connectivity index (χ3n) is 4.01. The minimum Gasteiger partial charge on any atom is -0.478 e. The van der Waals surface area contributed by atoms with Gasteiger partial charge in [0.15, 0.2) is 0 Å². The highest BCUT2D eigenvalue weighted by Crippen LogP contribution is 2.22. The summed E-state index contributed by atoms with van der Waals surface area (Å²) in [6.45, 7) is 3.56. The van der Waals surface area contributed by atoms with Crippen LogP contribution in [0.15, 0.2) is 91.5 Å². The van der Waals surface area contributed by atoms with Gasteiger partial charge in [-0.25, -0.2) is 4.79 Å². The molecule has 4 aromatic rings. The zero-order chi connectivity index (χ0) is 20.4. The predicted molar refractivity (Wildman–Crippen MR) is 117 cm³/mol. The molecule has 0 atom stereocenters. The SMILES string of the molecule is C=Cc1ccc(C(=O)O)cc1.OBO.c1ccc2cc3ccccc3cc2c1. The molecule has 0 bridgehead atoms. The summed E-state index contributed by atoms with van der Waals surface area (Å²) in [5.41, 5.74) is 1.23. The summed E-state index contributed by atoms with van der Waals surface area (Å²) >= 11 is 0. The second kappa shape index (κ2) is 10.7. The number of hydrogen-bond donors (Lipinski definition) is 3. The molecule has 0 unspecified atom stereocenters. The molecule has 3 N–H and O–H groups in total. The Bertz CT molecular complexity index is 954. The van der Waals surface area contributed by atoms with Gasteiger partial charge in [0.2, 0.25) is 0 Å². The van der Waals surface area contributed by atoms with Crippen molar-refractivity contribution in [2.24, 2.45) is 0 Å². The van der Waals surface area contributed by atoms with E-state index in [1.165, 1.54) is 21.5 Å². The molecule has 4 rings (SSSR count). The van der Waals surface area contributed by atoms with E-state index in [4.69, 9.17) is 15.2 Å². The van der Waals surface area contributed by atoms with Crippen LogP contribution in [0.4, 0.5) is 0 Å². The zero-order valence-electron chi connectivity index (χ0n) is 15.3.